The number of nitrogens with zero attached hydrogens (tertiary/aromatic N) is 1. The van der Waals surface area contributed by atoms with Crippen molar-refractivity contribution in [2.24, 2.45) is 11.6 Å². The quantitative estimate of drug-likeness (QED) is 0.403. The molecule has 1 aliphatic heterocycles. The summed E-state index contributed by atoms with van der Waals surface area (Å²) in [7, 11) is -0.563. The first-order valence-electron chi connectivity index (χ1n) is 6.50. The molecule has 1 saturated heterocycles. The lowest BCUT2D eigenvalue weighted by molar-refractivity contribution is -0.138. The molecule has 1 fully saturated rings. The summed E-state index contributed by atoms with van der Waals surface area (Å²) in [6.07, 6.45) is 0.526. The number of benzene rings is 1. The zero-order valence-electron chi connectivity index (χ0n) is 11.4. The molecule has 2 amide bonds. The van der Waals surface area contributed by atoms with Crippen molar-refractivity contribution in [1.29, 1.82) is 0 Å². The minimum atomic E-state index is -1.71. The Bertz CT molecular complexity index is 554. The Kier molecular flexibility index (Phi) is 4.67. The zero-order valence-corrected chi connectivity index (χ0v) is 12.3. The smallest absolute Gasteiger partial charge is 0.270 e. The van der Waals surface area contributed by atoms with Gasteiger partial charge in [-0.2, -0.15) is 0 Å². The molecule has 0 radical (unpaired) electrons. The number of piperidine rings is 1. The van der Waals surface area contributed by atoms with Gasteiger partial charge in [0.05, 0.1) is 12.5 Å². The van der Waals surface area contributed by atoms with E-state index in [4.69, 9.17) is 11.6 Å². The first-order chi connectivity index (χ1) is 9.97. The van der Waals surface area contributed by atoms with E-state index in [-0.39, 0.29) is 18.9 Å². The molecule has 0 aromatic heterocycles. The van der Waals surface area contributed by atoms with Crippen molar-refractivity contribution < 1.29 is 14.2 Å². The molecular weight excluding hydrogens is 291 g/mol. The average molecular weight is 308 g/mol. The summed E-state index contributed by atoms with van der Waals surface area (Å²) in [4.78, 5) is 24.0. The monoisotopic (exact) mass is 308 g/mol. The Morgan fingerprint density at radius 3 is 2.71 bits per heavy atom. The predicted octanol–water partition coefficient (Wildman–Crippen LogP) is -0.233. The summed E-state index contributed by atoms with van der Waals surface area (Å²) in [6, 6.07) is 8.48. The highest BCUT2D eigenvalue weighted by Crippen LogP contribution is 2.29. The van der Waals surface area contributed by atoms with Crippen LogP contribution in [0, 0.1) is 0 Å². The van der Waals surface area contributed by atoms with Crippen LogP contribution in [0.3, 0.4) is 0 Å². The SMILES string of the molecule is NN1CCC(NC(=O)Cc2ccccc2)[C@](N)(P=O)C1=O. The fourth-order valence-corrected chi connectivity index (χ4v) is 2.81. The fourth-order valence-electron chi connectivity index (χ4n) is 2.28. The van der Waals surface area contributed by atoms with Crippen LogP contribution < -0.4 is 16.9 Å². The van der Waals surface area contributed by atoms with E-state index >= 15 is 0 Å². The molecule has 7 nitrogen and oxygen atoms in total. The van der Waals surface area contributed by atoms with Gasteiger partial charge >= 0.3 is 0 Å². The second-order valence-corrected chi connectivity index (χ2v) is 5.91. The molecule has 0 bridgehead atoms. The average Bonchev–Trinajstić information content (AvgIpc) is 2.49. The first-order valence-corrected chi connectivity index (χ1v) is 7.32. The largest absolute Gasteiger partial charge is 0.350 e. The Balaban J connectivity index is 2.06. The van der Waals surface area contributed by atoms with Gasteiger partial charge in [-0.1, -0.05) is 30.3 Å². The Hall–Kier alpha value is -1.82. The molecule has 5 N–H and O–H groups in total. The summed E-state index contributed by atoms with van der Waals surface area (Å²) in [6.45, 7) is 0.254. The molecule has 2 rings (SSSR count). The minimum Gasteiger partial charge on any atom is -0.350 e. The van der Waals surface area contributed by atoms with Gasteiger partial charge in [0.1, 0.15) is 0 Å². The molecule has 1 aliphatic rings. The summed E-state index contributed by atoms with van der Waals surface area (Å²) >= 11 is 0. The van der Waals surface area contributed by atoms with Gasteiger partial charge in [0, 0.05) is 6.54 Å². The Morgan fingerprint density at radius 1 is 1.43 bits per heavy atom. The third-order valence-electron chi connectivity index (χ3n) is 3.49. The van der Waals surface area contributed by atoms with E-state index in [2.05, 4.69) is 5.32 Å². The van der Waals surface area contributed by atoms with Crippen LogP contribution in [0.2, 0.25) is 0 Å². The number of carbonyl (C=O) groups excluding carboxylic acids is 2. The van der Waals surface area contributed by atoms with Gasteiger partial charge < -0.3 is 11.1 Å². The number of carbonyl (C=O) groups is 2. The second-order valence-electron chi connectivity index (χ2n) is 4.99. The lowest BCUT2D eigenvalue weighted by Gasteiger charge is -2.39. The minimum absolute atomic E-state index is 0.170. The number of nitrogens with one attached hydrogen (secondary N) is 1. The summed E-state index contributed by atoms with van der Waals surface area (Å²) in [5.74, 6) is 4.58. The Labute approximate surface area is 123 Å². The highest BCUT2D eigenvalue weighted by atomic mass is 31.1. The van der Waals surface area contributed by atoms with Crippen molar-refractivity contribution in [3.63, 3.8) is 0 Å². The Morgan fingerprint density at radius 2 is 2.10 bits per heavy atom. The maximum atomic E-state index is 12.0. The normalized spacial score (nSPS) is 25.9. The highest BCUT2D eigenvalue weighted by molar-refractivity contribution is 7.27. The zero-order chi connectivity index (χ0) is 15.5. The number of nitrogens with two attached hydrogens (primary N) is 2. The number of hydrogen-bond acceptors (Lipinski definition) is 5. The standard InChI is InChI=1S/C13H17N4O3P/c14-13(21-20)10(6-7-17(15)12(13)19)16-11(18)8-9-4-2-1-3-5-9/h1-5,10H,6-8,14-15H2,(H,16,18)/t10?,13-/m0/s1. The topological polar surface area (TPSA) is 119 Å². The number of amides is 2. The molecule has 1 unspecified atom stereocenters. The number of rotatable bonds is 4. The molecule has 2 atom stereocenters. The van der Waals surface area contributed by atoms with Gasteiger partial charge in [0.15, 0.2) is 13.7 Å². The van der Waals surface area contributed by atoms with Crippen LogP contribution in [-0.4, -0.2) is 34.7 Å². The van der Waals surface area contributed by atoms with Crippen molar-refractivity contribution >= 4 is 20.3 Å². The van der Waals surface area contributed by atoms with Gasteiger partial charge in [0.25, 0.3) is 5.91 Å². The van der Waals surface area contributed by atoms with Crippen LogP contribution in [0.1, 0.15) is 12.0 Å². The third-order valence-corrected chi connectivity index (χ3v) is 4.29. The molecule has 112 valence electrons. The van der Waals surface area contributed by atoms with Crippen LogP contribution in [-0.2, 0) is 20.6 Å². The van der Waals surface area contributed by atoms with Gasteiger partial charge in [-0.15, -0.1) is 0 Å². The number of hydrogen-bond donors (Lipinski definition) is 3. The molecule has 8 heteroatoms. The van der Waals surface area contributed by atoms with Crippen molar-refractivity contribution in [3.05, 3.63) is 35.9 Å². The van der Waals surface area contributed by atoms with E-state index in [0.29, 0.717) is 6.42 Å². The first kappa shape index (κ1) is 15.6. The molecule has 0 saturated carbocycles. The van der Waals surface area contributed by atoms with Crippen molar-refractivity contribution in [2.75, 3.05) is 6.54 Å². The van der Waals surface area contributed by atoms with E-state index in [1.54, 1.807) is 0 Å². The lowest BCUT2D eigenvalue weighted by Crippen LogP contribution is -2.69. The van der Waals surface area contributed by atoms with Gasteiger partial charge in [-0.3, -0.25) is 19.2 Å². The fraction of sp³-hybridized carbons (Fsp3) is 0.385. The lowest BCUT2D eigenvalue weighted by atomic mass is 9.98. The van der Waals surface area contributed by atoms with Crippen LogP contribution in [0.25, 0.3) is 0 Å². The summed E-state index contributed by atoms with van der Waals surface area (Å²) in [5.41, 5.74) is 6.71. The number of hydrazine groups is 1. The second kappa shape index (κ2) is 6.30. The van der Waals surface area contributed by atoms with Gasteiger partial charge in [0.2, 0.25) is 5.91 Å². The van der Waals surface area contributed by atoms with E-state index < -0.39 is 25.7 Å². The molecule has 0 spiro atoms. The summed E-state index contributed by atoms with van der Waals surface area (Å²) in [5, 5.41) is 1.91. The molecule has 0 aliphatic carbocycles. The van der Waals surface area contributed by atoms with Crippen LogP contribution >= 0.6 is 8.46 Å². The van der Waals surface area contributed by atoms with E-state index in [1.165, 1.54) is 0 Å². The maximum absolute atomic E-state index is 12.0. The highest BCUT2D eigenvalue weighted by Gasteiger charge is 2.49. The van der Waals surface area contributed by atoms with Crippen molar-refractivity contribution in [2.45, 2.75) is 24.2 Å². The van der Waals surface area contributed by atoms with Crippen LogP contribution in [0.15, 0.2) is 30.3 Å². The predicted molar refractivity (Wildman–Crippen MR) is 77.1 cm³/mol. The van der Waals surface area contributed by atoms with Crippen molar-refractivity contribution in [1.82, 2.24) is 10.3 Å². The van der Waals surface area contributed by atoms with Gasteiger partial charge in [-0.25, -0.2) is 5.84 Å². The molecule has 1 aromatic carbocycles. The van der Waals surface area contributed by atoms with E-state index in [0.717, 1.165) is 10.6 Å². The molecule has 1 aromatic rings. The van der Waals surface area contributed by atoms with Crippen molar-refractivity contribution in [3.8, 4) is 0 Å². The summed E-state index contributed by atoms with van der Waals surface area (Å²) < 4.78 is 11.3. The molecule has 21 heavy (non-hydrogen) atoms. The van der Waals surface area contributed by atoms with Crippen LogP contribution in [0.4, 0.5) is 0 Å². The third kappa shape index (κ3) is 3.26. The molecular formula is C13H17N4O3P. The maximum Gasteiger partial charge on any atom is 0.270 e. The van der Waals surface area contributed by atoms with E-state index in [1.807, 2.05) is 30.3 Å². The van der Waals surface area contributed by atoms with E-state index in [9.17, 15) is 14.2 Å². The van der Waals surface area contributed by atoms with Gasteiger partial charge in [-0.05, 0) is 12.0 Å². The molecule has 1 heterocycles. The van der Waals surface area contributed by atoms with Crippen LogP contribution in [0.5, 0.6) is 0 Å².